The van der Waals surface area contributed by atoms with Gasteiger partial charge in [0.1, 0.15) is 4.90 Å². The summed E-state index contributed by atoms with van der Waals surface area (Å²) in [6, 6.07) is 3.39. The van der Waals surface area contributed by atoms with Crippen LogP contribution in [0, 0.1) is 16.0 Å². The molecule has 1 heterocycles. The predicted octanol–water partition coefficient (Wildman–Crippen LogP) is 1.07. The number of nitrogens with zero attached hydrogens (tertiary/aromatic N) is 2. The lowest BCUT2D eigenvalue weighted by atomic mass is 9.84. The number of ether oxygens (including phenoxy) is 1. The number of hydrogen-bond acceptors (Lipinski definition) is 7. The highest BCUT2D eigenvalue weighted by atomic mass is 32.2. The van der Waals surface area contributed by atoms with Gasteiger partial charge in [0.25, 0.3) is 5.69 Å². The largest absolute Gasteiger partial charge is 0.380 e. The molecule has 1 saturated heterocycles. The minimum Gasteiger partial charge on any atom is -0.380 e. The van der Waals surface area contributed by atoms with E-state index in [0.29, 0.717) is 12.8 Å². The van der Waals surface area contributed by atoms with Gasteiger partial charge in [0.2, 0.25) is 15.9 Å². The molecule has 11 heteroatoms. The van der Waals surface area contributed by atoms with Gasteiger partial charge in [-0.25, -0.2) is 8.42 Å². The third-order valence-corrected chi connectivity index (χ3v) is 7.17. The maximum atomic E-state index is 13.2. The van der Waals surface area contributed by atoms with Crippen LogP contribution in [0.1, 0.15) is 25.7 Å². The molecule has 0 unspecified atom stereocenters. The summed E-state index contributed by atoms with van der Waals surface area (Å²) in [6.07, 6.45) is 3.07. The van der Waals surface area contributed by atoms with E-state index in [4.69, 9.17) is 10.5 Å². The van der Waals surface area contributed by atoms with Crippen LogP contribution >= 0.6 is 0 Å². The first kappa shape index (κ1) is 20.5. The van der Waals surface area contributed by atoms with E-state index < -0.39 is 26.8 Å². The van der Waals surface area contributed by atoms with Crippen molar-refractivity contribution in [2.75, 3.05) is 31.6 Å². The highest BCUT2D eigenvalue weighted by Crippen LogP contribution is 2.33. The molecule has 1 aromatic carbocycles. The Labute approximate surface area is 163 Å². The predicted molar refractivity (Wildman–Crippen MR) is 101 cm³/mol. The van der Waals surface area contributed by atoms with Crippen LogP contribution < -0.4 is 11.1 Å². The van der Waals surface area contributed by atoms with Gasteiger partial charge in [-0.15, -0.1) is 0 Å². The van der Waals surface area contributed by atoms with Gasteiger partial charge >= 0.3 is 0 Å². The van der Waals surface area contributed by atoms with Crippen LogP contribution in [-0.4, -0.2) is 55.9 Å². The first-order valence-electron chi connectivity index (χ1n) is 9.23. The van der Waals surface area contributed by atoms with Gasteiger partial charge in [-0.2, -0.15) is 4.31 Å². The van der Waals surface area contributed by atoms with Crippen LogP contribution in [0.25, 0.3) is 0 Å². The number of carbonyl (C=O) groups is 1. The number of amides is 1. The summed E-state index contributed by atoms with van der Waals surface area (Å²) < 4.78 is 32.8. The first-order valence-corrected chi connectivity index (χ1v) is 10.7. The molecule has 10 nitrogen and oxygen atoms in total. The summed E-state index contributed by atoms with van der Waals surface area (Å²) in [6.45, 7) is 0.891. The van der Waals surface area contributed by atoms with Gasteiger partial charge in [0, 0.05) is 31.3 Å². The van der Waals surface area contributed by atoms with Crippen LogP contribution in [-0.2, 0) is 19.6 Å². The van der Waals surface area contributed by atoms with Crippen molar-refractivity contribution in [3.05, 3.63) is 28.3 Å². The van der Waals surface area contributed by atoms with E-state index in [-0.39, 0.29) is 48.6 Å². The summed E-state index contributed by atoms with van der Waals surface area (Å²) in [5.74, 6) is -0.848. The molecule has 154 valence electrons. The number of morpholine rings is 1. The van der Waals surface area contributed by atoms with Crippen LogP contribution in [0.3, 0.4) is 0 Å². The molecule has 2 atom stereocenters. The van der Waals surface area contributed by atoms with E-state index >= 15 is 0 Å². The summed E-state index contributed by atoms with van der Waals surface area (Å²) in [5.41, 5.74) is 5.44. The zero-order valence-corrected chi connectivity index (χ0v) is 16.2. The minimum absolute atomic E-state index is 0.169. The normalized spacial score (nSPS) is 23.9. The van der Waals surface area contributed by atoms with E-state index in [1.54, 1.807) is 0 Å². The Kier molecular flexibility index (Phi) is 6.16. The molecule has 0 spiro atoms. The standard InChI is InChI=1S/C17H24N4O6S/c18-17(22)13-3-1-2-4-14(13)19-15-6-5-12(21(23)24)11-16(15)28(25,26)20-7-9-27-10-8-20/h5-6,11,13-14,19H,1-4,7-10H2,(H2,18,22)/t13-,14+/m1/s1. The van der Waals surface area contributed by atoms with Crippen molar-refractivity contribution in [3.63, 3.8) is 0 Å². The number of benzene rings is 1. The lowest BCUT2D eigenvalue weighted by Crippen LogP contribution is -2.42. The van der Waals surface area contributed by atoms with Crippen LogP contribution in [0.5, 0.6) is 0 Å². The zero-order valence-electron chi connectivity index (χ0n) is 15.4. The number of nitro benzene ring substituents is 1. The van der Waals surface area contributed by atoms with Crippen LogP contribution in [0.2, 0.25) is 0 Å². The fraction of sp³-hybridized carbons (Fsp3) is 0.588. The number of nitrogens with two attached hydrogens (primary N) is 1. The van der Waals surface area contributed by atoms with Crippen molar-refractivity contribution in [2.24, 2.45) is 11.7 Å². The Morgan fingerprint density at radius 2 is 1.93 bits per heavy atom. The van der Waals surface area contributed by atoms with Crippen molar-refractivity contribution in [1.29, 1.82) is 0 Å². The molecule has 1 aliphatic carbocycles. The molecule has 28 heavy (non-hydrogen) atoms. The molecular weight excluding hydrogens is 388 g/mol. The second-order valence-corrected chi connectivity index (χ2v) is 8.90. The summed E-state index contributed by atoms with van der Waals surface area (Å²) in [5, 5.41) is 14.3. The number of sulfonamides is 1. The van der Waals surface area contributed by atoms with Gasteiger partial charge in [0.05, 0.1) is 29.7 Å². The molecule has 0 radical (unpaired) electrons. The Balaban J connectivity index is 1.98. The topological polar surface area (TPSA) is 145 Å². The van der Waals surface area contributed by atoms with Crippen molar-refractivity contribution in [3.8, 4) is 0 Å². The highest BCUT2D eigenvalue weighted by molar-refractivity contribution is 7.89. The van der Waals surface area contributed by atoms with Crippen molar-refractivity contribution < 1.29 is 22.9 Å². The highest BCUT2D eigenvalue weighted by Gasteiger charge is 2.34. The van der Waals surface area contributed by atoms with E-state index in [2.05, 4.69) is 5.32 Å². The third-order valence-electron chi connectivity index (χ3n) is 5.24. The van der Waals surface area contributed by atoms with Gasteiger partial charge in [0.15, 0.2) is 0 Å². The summed E-state index contributed by atoms with van der Waals surface area (Å²) in [7, 11) is -3.97. The quantitative estimate of drug-likeness (QED) is 0.525. The number of nitro groups is 1. The van der Waals surface area contributed by atoms with Gasteiger partial charge in [-0.1, -0.05) is 12.8 Å². The van der Waals surface area contributed by atoms with Crippen LogP contribution in [0.15, 0.2) is 23.1 Å². The van der Waals surface area contributed by atoms with Gasteiger partial charge in [-0.05, 0) is 18.9 Å². The maximum Gasteiger partial charge on any atom is 0.270 e. The molecule has 0 bridgehead atoms. The third kappa shape index (κ3) is 4.26. The second-order valence-electron chi connectivity index (χ2n) is 7.00. The van der Waals surface area contributed by atoms with Gasteiger partial charge in [-0.3, -0.25) is 14.9 Å². The molecule has 1 amide bonds. The fourth-order valence-electron chi connectivity index (χ4n) is 3.73. The maximum absolute atomic E-state index is 13.2. The molecule has 3 N–H and O–H groups in total. The van der Waals surface area contributed by atoms with Gasteiger partial charge < -0.3 is 15.8 Å². The Morgan fingerprint density at radius 3 is 2.57 bits per heavy atom. The SMILES string of the molecule is NC(=O)[C@@H]1CCCC[C@@H]1Nc1ccc([N+](=O)[O-])cc1S(=O)(=O)N1CCOCC1. The molecule has 0 aromatic heterocycles. The monoisotopic (exact) mass is 412 g/mol. The molecule has 1 aromatic rings. The average molecular weight is 412 g/mol. The molecule has 1 aliphatic heterocycles. The molecule has 1 saturated carbocycles. The molecular formula is C17H24N4O6S. The number of rotatable bonds is 6. The lowest BCUT2D eigenvalue weighted by molar-refractivity contribution is -0.385. The number of carbonyl (C=O) groups excluding carboxylic acids is 1. The fourth-order valence-corrected chi connectivity index (χ4v) is 5.31. The average Bonchev–Trinajstić information content (AvgIpc) is 2.69. The second kappa shape index (κ2) is 8.41. The van der Waals surface area contributed by atoms with E-state index in [1.807, 2.05) is 0 Å². The number of primary amides is 1. The first-order chi connectivity index (χ1) is 13.3. The smallest absolute Gasteiger partial charge is 0.270 e. The lowest BCUT2D eigenvalue weighted by Gasteiger charge is -2.32. The molecule has 3 rings (SSSR count). The molecule has 2 aliphatic rings. The Hall–Kier alpha value is -2.24. The number of non-ortho nitro benzene ring substituents is 1. The Morgan fingerprint density at radius 1 is 1.25 bits per heavy atom. The van der Waals surface area contributed by atoms with E-state index in [1.165, 1.54) is 16.4 Å². The Bertz CT molecular complexity index is 853. The zero-order chi connectivity index (χ0) is 20.3. The van der Waals surface area contributed by atoms with E-state index in [9.17, 15) is 23.3 Å². The van der Waals surface area contributed by atoms with Crippen molar-refractivity contribution in [1.82, 2.24) is 4.31 Å². The number of hydrogen-bond donors (Lipinski definition) is 2. The summed E-state index contributed by atoms with van der Waals surface area (Å²) >= 11 is 0. The number of anilines is 1. The molecule has 2 fully saturated rings. The van der Waals surface area contributed by atoms with Crippen LogP contribution in [0.4, 0.5) is 11.4 Å². The number of nitrogens with one attached hydrogen (secondary N) is 1. The minimum atomic E-state index is -3.97. The summed E-state index contributed by atoms with van der Waals surface area (Å²) in [4.78, 5) is 22.2. The van der Waals surface area contributed by atoms with E-state index in [0.717, 1.165) is 18.9 Å². The van der Waals surface area contributed by atoms with Crippen molar-refractivity contribution in [2.45, 2.75) is 36.6 Å². The van der Waals surface area contributed by atoms with Crippen molar-refractivity contribution >= 4 is 27.3 Å².